The van der Waals surface area contributed by atoms with Crippen LogP contribution in [0, 0.1) is 0 Å². The molecule has 0 aliphatic heterocycles. The number of hydrogen-bond acceptors (Lipinski definition) is 5. The molecule has 2 rings (SSSR count). The Morgan fingerprint density at radius 1 is 1.43 bits per heavy atom. The lowest BCUT2D eigenvalue weighted by atomic mass is 10.1. The number of hydrogen-bond donors (Lipinski definition) is 1. The minimum Gasteiger partial charge on any atom is -0.389 e. The van der Waals surface area contributed by atoms with E-state index in [9.17, 15) is 9.90 Å². The lowest BCUT2D eigenvalue weighted by Gasteiger charge is -2.20. The van der Waals surface area contributed by atoms with Crippen LogP contribution in [-0.4, -0.2) is 54.3 Å². The Hall–Kier alpha value is -1.76. The molecule has 1 amide bonds. The smallest absolute Gasteiger partial charge is 0.253 e. The molecular weight excluding hydrogens is 288 g/mol. The van der Waals surface area contributed by atoms with Crippen molar-refractivity contribution in [2.45, 2.75) is 6.10 Å². The highest BCUT2D eigenvalue weighted by Crippen LogP contribution is 2.19. The van der Waals surface area contributed by atoms with E-state index in [0.29, 0.717) is 5.56 Å². The third-order valence-electron chi connectivity index (χ3n) is 3.05. The van der Waals surface area contributed by atoms with Crippen LogP contribution in [0.1, 0.15) is 10.4 Å². The van der Waals surface area contributed by atoms with Crippen molar-refractivity contribution < 1.29 is 14.6 Å². The highest BCUT2D eigenvalue weighted by Gasteiger charge is 2.15. The number of carbonyl (C=O) groups excluding carboxylic acids is 1. The van der Waals surface area contributed by atoms with Gasteiger partial charge in [0.1, 0.15) is 0 Å². The molecule has 1 aromatic heterocycles. The number of aliphatic hydroxyl groups is 1. The van der Waals surface area contributed by atoms with Crippen LogP contribution in [0.15, 0.2) is 35.2 Å². The summed E-state index contributed by atoms with van der Waals surface area (Å²) in [4.78, 5) is 18.0. The summed E-state index contributed by atoms with van der Waals surface area (Å²) in [7, 11) is 3.18. The number of nitrogens with zero attached hydrogens (tertiary/aromatic N) is 2. The van der Waals surface area contributed by atoms with Gasteiger partial charge in [-0.15, -0.1) is 11.3 Å². The maximum absolute atomic E-state index is 12.2. The standard InChI is InChI=1S/C15H18N2O3S/c1-17(7-13(18)8-20-2)15(19)12-5-3-11(4-6-12)14-9-21-10-16-14/h3-6,9-10,13,18H,7-8H2,1-2H3. The first kappa shape index (κ1) is 15.6. The Morgan fingerprint density at radius 2 is 2.14 bits per heavy atom. The number of rotatable bonds is 6. The lowest BCUT2D eigenvalue weighted by molar-refractivity contribution is 0.0380. The van der Waals surface area contributed by atoms with Gasteiger partial charge in [-0.25, -0.2) is 4.98 Å². The van der Waals surface area contributed by atoms with Gasteiger partial charge in [0.05, 0.1) is 23.9 Å². The first-order valence-electron chi connectivity index (χ1n) is 6.53. The van der Waals surface area contributed by atoms with Crippen molar-refractivity contribution in [3.8, 4) is 11.3 Å². The molecule has 0 aliphatic carbocycles. The van der Waals surface area contributed by atoms with E-state index >= 15 is 0 Å². The number of likely N-dealkylation sites (N-methyl/N-ethyl adjacent to an activating group) is 1. The normalized spacial score (nSPS) is 12.1. The third kappa shape index (κ3) is 4.10. The highest BCUT2D eigenvalue weighted by molar-refractivity contribution is 7.07. The van der Waals surface area contributed by atoms with Crippen molar-refractivity contribution in [2.75, 3.05) is 27.3 Å². The number of methoxy groups -OCH3 is 1. The van der Waals surface area contributed by atoms with Gasteiger partial charge >= 0.3 is 0 Å². The van der Waals surface area contributed by atoms with E-state index in [1.165, 1.54) is 23.3 Å². The van der Waals surface area contributed by atoms with Gasteiger partial charge in [-0.3, -0.25) is 4.79 Å². The molecule has 0 spiro atoms. The summed E-state index contributed by atoms with van der Waals surface area (Å²) in [5.74, 6) is -0.130. The minimum atomic E-state index is -0.682. The molecule has 1 heterocycles. The van der Waals surface area contributed by atoms with Crippen molar-refractivity contribution in [2.24, 2.45) is 0 Å². The monoisotopic (exact) mass is 306 g/mol. The first-order valence-corrected chi connectivity index (χ1v) is 7.47. The summed E-state index contributed by atoms with van der Waals surface area (Å²) in [5, 5.41) is 11.6. The lowest BCUT2D eigenvalue weighted by Crippen LogP contribution is -2.36. The Kier molecular flexibility index (Phi) is 5.44. The maximum atomic E-state index is 12.2. The highest BCUT2D eigenvalue weighted by atomic mass is 32.1. The molecule has 0 radical (unpaired) electrons. The van der Waals surface area contributed by atoms with Crippen LogP contribution >= 0.6 is 11.3 Å². The molecule has 0 bridgehead atoms. The fraction of sp³-hybridized carbons (Fsp3) is 0.333. The van der Waals surface area contributed by atoms with Crippen LogP contribution in [0.4, 0.5) is 0 Å². The predicted octanol–water partition coefficient (Wildman–Crippen LogP) is 1.89. The molecule has 1 N–H and O–H groups in total. The summed E-state index contributed by atoms with van der Waals surface area (Å²) < 4.78 is 4.85. The molecule has 5 nitrogen and oxygen atoms in total. The van der Waals surface area contributed by atoms with Crippen LogP contribution in [0.3, 0.4) is 0 Å². The van der Waals surface area contributed by atoms with E-state index < -0.39 is 6.10 Å². The SMILES string of the molecule is COCC(O)CN(C)C(=O)c1ccc(-c2cscn2)cc1. The van der Waals surface area contributed by atoms with Crippen molar-refractivity contribution in [1.82, 2.24) is 9.88 Å². The van der Waals surface area contributed by atoms with Crippen molar-refractivity contribution >= 4 is 17.2 Å². The summed E-state index contributed by atoms with van der Waals surface area (Å²) in [6.45, 7) is 0.445. The second-order valence-corrected chi connectivity index (χ2v) is 5.46. The molecule has 1 unspecified atom stereocenters. The minimum absolute atomic E-state index is 0.130. The van der Waals surface area contributed by atoms with Crippen LogP contribution in [0.2, 0.25) is 0 Å². The fourth-order valence-electron chi connectivity index (χ4n) is 2.00. The number of aliphatic hydroxyl groups excluding tert-OH is 1. The molecule has 1 aromatic carbocycles. The van der Waals surface area contributed by atoms with Crippen LogP contribution < -0.4 is 0 Å². The molecule has 2 aromatic rings. The number of benzene rings is 1. The van der Waals surface area contributed by atoms with Gasteiger partial charge < -0.3 is 14.7 Å². The topological polar surface area (TPSA) is 62.7 Å². The fourth-order valence-corrected chi connectivity index (χ4v) is 2.56. The van der Waals surface area contributed by atoms with E-state index in [1.807, 2.05) is 17.5 Å². The number of ether oxygens (including phenoxy) is 1. The van der Waals surface area contributed by atoms with Gasteiger partial charge in [0, 0.05) is 37.2 Å². The number of aromatic nitrogens is 1. The zero-order valence-electron chi connectivity index (χ0n) is 12.0. The molecule has 0 aliphatic rings. The first-order chi connectivity index (χ1) is 10.1. The van der Waals surface area contributed by atoms with Gasteiger partial charge in [0.2, 0.25) is 0 Å². The van der Waals surface area contributed by atoms with E-state index in [-0.39, 0.29) is 19.1 Å². The van der Waals surface area contributed by atoms with E-state index in [2.05, 4.69) is 4.98 Å². The quantitative estimate of drug-likeness (QED) is 0.885. The van der Waals surface area contributed by atoms with Gasteiger partial charge in [-0.1, -0.05) is 12.1 Å². The largest absolute Gasteiger partial charge is 0.389 e. The maximum Gasteiger partial charge on any atom is 0.253 e. The van der Waals surface area contributed by atoms with E-state index in [0.717, 1.165) is 11.3 Å². The van der Waals surface area contributed by atoms with Gasteiger partial charge in [-0.05, 0) is 12.1 Å². The molecule has 21 heavy (non-hydrogen) atoms. The van der Waals surface area contributed by atoms with Gasteiger partial charge in [-0.2, -0.15) is 0 Å². The van der Waals surface area contributed by atoms with Crippen LogP contribution in [-0.2, 0) is 4.74 Å². The zero-order chi connectivity index (χ0) is 15.2. The van der Waals surface area contributed by atoms with E-state index in [1.54, 1.807) is 24.7 Å². The second kappa shape index (κ2) is 7.31. The third-order valence-corrected chi connectivity index (χ3v) is 3.64. The molecule has 1 atom stereocenters. The Bertz CT molecular complexity index is 569. The number of thiazole rings is 1. The Balaban J connectivity index is 2.02. The molecule has 112 valence electrons. The summed E-state index contributed by atoms with van der Waals surface area (Å²) in [6, 6.07) is 7.30. The zero-order valence-corrected chi connectivity index (χ0v) is 12.8. The molecule has 0 fully saturated rings. The molecular formula is C15H18N2O3S. The second-order valence-electron chi connectivity index (χ2n) is 4.75. The summed E-state index contributed by atoms with van der Waals surface area (Å²) in [6.07, 6.45) is -0.682. The van der Waals surface area contributed by atoms with Crippen molar-refractivity contribution in [3.05, 3.63) is 40.7 Å². The van der Waals surface area contributed by atoms with Crippen LogP contribution in [0.25, 0.3) is 11.3 Å². The predicted molar refractivity (Wildman–Crippen MR) is 82.4 cm³/mol. The molecule has 0 saturated carbocycles. The average molecular weight is 306 g/mol. The Morgan fingerprint density at radius 3 is 2.71 bits per heavy atom. The summed E-state index contributed by atoms with van der Waals surface area (Å²) in [5.41, 5.74) is 4.25. The number of amides is 1. The van der Waals surface area contributed by atoms with Gasteiger partial charge in [0.25, 0.3) is 5.91 Å². The number of carbonyl (C=O) groups is 1. The average Bonchev–Trinajstić information content (AvgIpc) is 3.01. The van der Waals surface area contributed by atoms with E-state index in [4.69, 9.17) is 4.74 Å². The van der Waals surface area contributed by atoms with Crippen molar-refractivity contribution in [1.29, 1.82) is 0 Å². The van der Waals surface area contributed by atoms with Gasteiger partial charge in [0.15, 0.2) is 0 Å². The van der Waals surface area contributed by atoms with Crippen molar-refractivity contribution in [3.63, 3.8) is 0 Å². The van der Waals surface area contributed by atoms with Crippen LogP contribution in [0.5, 0.6) is 0 Å². The summed E-state index contributed by atoms with van der Waals surface area (Å²) >= 11 is 1.54. The molecule has 6 heteroatoms. The Labute approximate surface area is 127 Å². The molecule has 0 saturated heterocycles.